The first-order valence-corrected chi connectivity index (χ1v) is 9.42. The molecule has 0 spiro atoms. The molecule has 0 N–H and O–H groups in total. The van der Waals surface area contributed by atoms with Gasteiger partial charge in [-0.1, -0.05) is 19.3 Å². The second-order valence-corrected chi connectivity index (χ2v) is 7.43. The minimum Gasteiger partial charge on any atom is -0.346 e. The summed E-state index contributed by atoms with van der Waals surface area (Å²) >= 11 is 0. The maximum Gasteiger partial charge on any atom is 0.255 e. The van der Waals surface area contributed by atoms with Gasteiger partial charge in [0.1, 0.15) is 0 Å². The third-order valence-corrected chi connectivity index (χ3v) is 5.47. The number of carbonyl (C=O) groups is 1. The van der Waals surface area contributed by atoms with Crippen molar-refractivity contribution in [2.45, 2.75) is 77.3 Å². The van der Waals surface area contributed by atoms with E-state index in [1.54, 1.807) is 6.08 Å². The molecule has 0 bridgehead atoms. The molecule has 1 aromatic rings. The van der Waals surface area contributed by atoms with Crippen molar-refractivity contribution in [3.63, 3.8) is 0 Å². The summed E-state index contributed by atoms with van der Waals surface area (Å²) in [7, 11) is 0. The first-order chi connectivity index (χ1) is 12.0. The Hall–Kier alpha value is -1.65. The molecule has 0 saturated heterocycles. The van der Waals surface area contributed by atoms with Crippen molar-refractivity contribution in [1.29, 1.82) is 0 Å². The molecular formula is C20H28F2N2O. The lowest BCUT2D eigenvalue weighted by Gasteiger charge is -2.26. The number of halogens is 2. The summed E-state index contributed by atoms with van der Waals surface area (Å²) in [4.78, 5) is 13.7. The standard InChI is InChI=1S/C20H28F2N2O/c1-14-12-16(15(2)24(14)18-6-4-3-5-7-18)8-11-20(25)23(13-19(21)22)17-9-10-17/h8,11-12,17-19H,3-7,9-10,13H2,1-2H3/b11-8+. The van der Waals surface area contributed by atoms with Gasteiger partial charge in [0.05, 0.1) is 6.54 Å². The van der Waals surface area contributed by atoms with Gasteiger partial charge < -0.3 is 9.47 Å². The monoisotopic (exact) mass is 350 g/mol. The van der Waals surface area contributed by atoms with E-state index < -0.39 is 13.0 Å². The fourth-order valence-electron chi connectivity index (χ4n) is 4.08. The van der Waals surface area contributed by atoms with Gasteiger partial charge in [-0.3, -0.25) is 4.79 Å². The minimum absolute atomic E-state index is 0.000759. The predicted molar refractivity (Wildman–Crippen MR) is 95.8 cm³/mol. The largest absolute Gasteiger partial charge is 0.346 e. The Kier molecular flexibility index (Phi) is 5.60. The Morgan fingerprint density at radius 2 is 1.92 bits per heavy atom. The topological polar surface area (TPSA) is 25.2 Å². The van der Waals surface area contributed by atoms with E-state index in [1.807, 2.05) is 0 Å². The Morgan fingerprint density at radius 1 is 1.24 bits per heavy atom. The van der Waals surface area contributed by atoms with Crippen molar-refractivity contribution in [3.05, 3.63) is 29.1 Å². The molecule has 25 heavy (non-hydrogen) atoms. The maximum atomic E-state index is 12.7. The quantitative estimate of drug-likeness (QED) is 0.671. The van der Waals surface area contributed by atoms with Gasteiger partial charge in [-0.25, -0.2) is 8.78 Å². The van der Waals surface area contributed by atoms with Crippen LogP contribution in [0.1, 0.15) is 67.9 Å². The van der Waals surface area contributed by atoms with Crippen LogP contribution < -0.4 is 0 Å². The fourth-order valence-corrected chi connectivity index (χ4v) is 4.08. The molecular weight excluding hydrogens is 322 g/mol. The second-order valence-electron chi connectivity index (χ2n) is 7.43. The molecule has 0 aromatic carbocycles. The summed E-state index contributed by atoms with van der Waals surface area (Å²) in [6.45, 7) is 3.73. The predicted octanol–water partition coefficient (Wildman–Crippen LogP) is 4.88. The maximum absolute atomic E-state index is 12.7. The average molecular weight is 350 g/mol. The van der Waals surface area contributed by atoms with E-state index in [4.69, 9.17) is 0 Å². The van der Waals surface area contributed by atoms with Crippen molar-refractivity contribution >= 4 is 12.0 Å². The van der Waals surface area contributed by atoms with E-state index in [9.17, 15) is 13.6 Å². The van der Waals surface area contributed by atoms with Crippen LogP contribution in [0.5, 0.6) is 0 Å². The highest BCUT2D eigenvalue weighted by Crippen LogP contribution is 2.32. The molecule has 138 valence electrons. The van der Waals surface area contributed by atoms with Gasteiger partial charge in [0.2, 0.25) is 5.91 Å². The summed E-state index contributed by atoms with van der Waals surface area (Å²) in [5.74, 6) is -0.301. The molecule has 2 fully saturated rings. The lowest BCUT2D eigenvalue weighted by atomic mass is 9.95. The van der Waals surface area contributed by atoms with Gasteiger partial charge in [-0.05, 0) is 57.2 Å². The highest BCUT2D eigenvalue weighted by Gasteiger charge is 2.33. The summed E-state index contributed by atoms with van der Waals surface area (Å²) < 4.78 is 27.8. The number of hydrogen-bond donors (Lipinski definition) is 0. The molecule has 0 atom stereocenters. The summed E-state index contributed by atoms with van der Waals surface area (Å²) in [5, 5.41) is 0. The van der Waals surface area contributed by atoms with E-state index >= 15 is 0 Å². The van der Waals surface area contributed by atoms with Crippen LogP contribution in [-0.2, 0) is 4.79 Å². The van der Waals surface area contributed by atoms with Crippen molar-refractivity contribution in [3.8, 4) is 0 Å². The van der Waals surface area contributed by atoms with Crippen molar-refractivity contribution in [1.82, 2.24) is 9.47 Å². The molecule has 2 aliphatic carbocycles. The molecule has 0 aliphatic heterocycles. The average Bonchev–Trinajstić information content (AvgIpc) is 3.37. The highest BCUT2D eigenvalue weighted by molar-refractivity contribution is 5.92. The zero-order chi connectivity index (χ0) is 18.0. The summed E-state index contributed by atoms with van der Waals surface area (Å²) in [6.07, 6.45) is 8.74. The van der Waals surface area contributed by atoms with Crippen LogP contribution >= 0.6 is 0 Å². The van der Waals surface area contributed by atoms with Crippen LogP contribution in [-0.4, -0.2) is 34.4 Å². The van der Waals surface area contributed by atoms with Crippen molar-refractivity contribution in [2.24, 2.45) is 0 Å². The van der Waals surface area contributed by atoms with E-state index in [1.165, 1.54) is 54.5 Å². The third kappa shape index (κ3) is 4.31. The number of nitrogens with zero attached hydrogens (tertiary/aromatic N) is 2. The molecule has 1 aromatic heterocycles. The van der Waals surface area contributed by atoms with Gasteiger partial charge in [0.25, 0.3) is 6.43 Å². The molecule has 3 rings (SSSR count). The SMILES string of the molecule is Cc1cc(/C=C/C(=O)N(CC(F)F)C2CC2)c(C)n1C1CCCCC1. The number of alkyl halides is 2. The molecule has 2 aliphatic rings. The summed E-state index contributed by atoms with van der Waals surface area (Å²) in [5.41, 5.74) is 3.40. The molecule has 2 saturated carbocycles. The molecule has 0 radical (unpaired) electrons. The van der Waals surface area contributed by atoms with Gasteiger partial charge in [-0.15, -0.1) is 0 Å². The molecule has 0 unspecified atom stereocenters. The number of amides is 1. The normalized spacial score (nSPS) is 19.1. The smallest absolute Gasteiger partial charge is 0.255 e. The van der Waals surface area contributed by atoms with Crippen LogP contribution in [0.3, 0.4) is 0 Å². The number of aromatic nitrogens is 1. The van der Waals surface area contributed by atoms with Crippen LogP contribution in [0.15, 0.2) is 12.1 Å². The van der Waals surface area contributed by atoms with E-state index in [0.717, 1.165) is 18.4 Å². The van der Waals surface area contributed by atoms with Crippen molar-refractivity contribution in [2.75, 3.05) is 6.54 Å². The Balaban J connectivity index is 1.73. The van der Waals surface area contributed by atoms with Crippen molar-refractivity contribution < 1.29 is 13.6 Å². The summed E-state index contributed by atoms with van der Waals surface area (Å²) in [6, 6.07) is 2.65. The number of hydrogen-bond acceptors (Lipinski definition) is 1. The van der Waals surface area contributed by atoms with E-state index in [2.05, 4.69) is 24.5 Å². The first kappa shape index (κ1) is 18.2. The first-order valence-electron chi connectivity index (χ1n) is 9.42. The zero-order valence-electron chi connectivity index (χ0n) is 15.2. The number of aryl methyl sites for hydroxylation is 1. The highest BCUT2D eigenvalue weighted by atomic mass is 19.3. The molecule has 1 amide bonds. The van der Waals surface area contributed by atoms with E-state index in [-0.39, 0.29) is 11.9 Å². The minimum atomic E-state index is -2.48. The zero-order valence-corrected chi connectivity index (χ0v) is 15.2. The molecule has 1 heterocycles. The van der Waals surface area contributed by atoms with E-state index in [0.29, 0.717) is 6.04 Å². The number of carbonyl (C=O) groups excluding carboxylic acids is 1. The van der Waals surface area contributed by atoms with Gasteiger partial charge in [0.15, 0.2) is 0 Å². The van der Waals surface area contributed by atoms with Crippen LogP contribution in [0.2, 0.25) is 0 Å². The Morgan fingerprint density at radius 3 is 2.52 bits per heavy atom. The fraction of sp³-hybridized carbons (Fsp3) is 0.650. The number of rotatable bonds is 6. The third-order valence-electron chi connectivity index (χ3n) is 5.47. The van der Waals surface area contributed by atoms with Crippen LogP contribution in [0.4, 0.5) is 8.78 Å². The van der Waals surface area contributed by atoms with Gasteiger partial charge in [0, 0.05) is 29.5 Å². The Bertz CT molecular complexity index is 640. The Labute approximate surface area is 148 Å². The van der Waals surface area contributed by atoms with Gasteiger partial charge in [-0.2, -0.15) is 0 Å². The second kappa shape index (κ2) is 7.71. The van der Waals surface area contributed by atoms with Crippen LogP contribution in [0.25, 0.3) is 6.08 Å². The molecule has 3 nitrogen and oxygen atoms in total. The lowest BCUT2D eigenvalue weighted by molar-refractivity contribution is -0.128. The molecule has 5 heteroatoms. The van der Waals surface area contributed by atoms with Crippen LogP contribution in [0, 0.1) is 13.8 Å². The van der Waals surface area contributed by atoms with Gasteiger partial charge >= 0.3 is 0 Å². The lowest BCUT2D eigenvalue weighted by Crippen LogP contribution is -2.35.